The van der Waals surface area contributed by atoms with Crippen LogP contribution in [0.2, 0.25) is 0 Å². The van der Waals surface area contributed by atoms with Crippen molar-refractivity contribution in [2.45, 2.75) is 4.90 Å². The summed E-state index contributed by atoms with van der Waals surface area (Å²) >= 11 is 0.847. The second-order valence-electron chi connectivity index (χ2n) is 3.33. The van der Waals surface area contributed by atoms with Crippen LogP contribution in [0.4, 0.5) is 0 Å². The molecule has 1 aliphatic rings. The number of hydrogen-bond acceptors (Lipinski definition) is 5. The maximum absolute atomic E-state index is 12.1. The Morgan fingerprint density at radius 3 is 2.41 bits per heavy atom. The summed E-state index contributed by atoms with van der Waals surface area (Å²) in [5.41, 5.74) is 0. The average Bonchev–Trinajstić information content (AvgIpc) is 2.33. The summed E-state index contributed by atoms with van der Waals surface area (Å²) in [6.07, 6.45) is 0. The lowest BCUT2D eigenvalue weighted by atomic mass is 10.4. The fraction of sp³-hybridized carbons (Fsp3) is 0.200. The van der Waals surface area contributed by atoms with Crippen molar-refractivity contribution in [2.24, 2.45) is 0 Å². The van der Waals surface area contributed by atoms with E-state index < -0.39 is 21.0 Å². The molecule has 1 saturated heterocycles. The number of amides is 1. The number of rotatable bonds is 2. The molecule has 0 spiro atoms. The lowest BCUT2D eigenvalue weighted by molar-refractivity contribution is -0.137. The van der Waals surface area contributed by atoms with E-state index in [1.165, 1.54) is 12.1 Å². The predicted octanol–water partition coefficient (Wildman–Crippen LogP) is 0.477. The Hall–Kier alpha value is -1.34. The fourth-order valence-electron chi connectivity index (χ4n) is 1.44. The molecule has 1 aliphatic heterocycles. The van der Waals surface area contributed by atoms with Crippen molar-refractivity contribution in [3.8, 4) is 0 Å². The molecule has 0 atom stereocenters. The van der Waals surface area contributed by atoms with Gasteiger partial charge in [0.15, 0.2) is 0 Å². The van der Waals surface area contributed by atoms with Gasteiger partial charge in [0.1, 0.15) is 0 Å². The zero-order valence-corrected chi connectivity index (χ0v) is 10.3. The van der Waals surface area contributed by atoms with Gasteiger partial charge in [-0.05, 0) is 12.1 Å². The SMILES string of the molecule is O=C1SCCN(S(=O)(=O)c2ccccc2)C1=O. The largest absolute Gasteiger partial charge is 0.314 e. The number of thioether (sulfide) groups is 1. The minimum atomic E-state index is -3.89. The van der Waals surface area contributed by atoms with Crippen molar-refractivity contribution in [2.75, 3.05) is 12.3 Å². The van der Waals surface area contributed by atoms with Crippen LogP contribution in [-0.2, 0) is 19.6 Å². The Morgan fingerprint density at radius 1 is 1.12 bits per heavy atom. The number of benzene rings is 1. The Labute approximate surface area is 103 Å². The molecule has 0 bridgehead atoms. The van der Waals surface area contributed by atoms with Crippen molar-refractivity contribution >= 4 is 32.8 Å². The quantitative estimate of drug-likeness (QED) is 0.731. The molecular formula is C10H9NO4S2. The minimum absolute atomic E-state index is 0.0213. The topological polar surface area (TPSA) is 71.5 Å². The summed E-state index contributed by atoms with van der Waals surface area (Å²) in [7, 11) is -3.89. The second kappa shape index (κ2) is 4.50. The monoisotopic (exact) mass is 271 g/mol. The van der Waals surface area contributed by atoms with Crippen LogP contribution < -0.4 is 0 Å². The van der Waals surface area contributed by atoms with Gasteiger partial charge in [-0.15, -0.1) is 0 Å². The van der Waals surface area contributed by atoms with E-state index >= 15 is 0 Å². The van der Waals surface area contributed by atoms with Crippen LogP contribution in [0, 0.1) is 0 Å². The normalized spacial score (nSPS) is 17.3. The van der Waals surface area contributed by atoms with Gasteiger partial charge in [0.2, 0.25) is 0 Å². The van der Waals surface area contributed by atoms with Crippen LogP contribution >= 0.6 is 11.8 Å². The van der Waals surface area contributed by atoms with Crippen LogP contribution in [0.25, 0.3) is 0 Å². The lowest BCUT2D eigenvalue weighted by Crippen LogP contribution is -2.44. The van der Waals surface area contributed by atoms with Crippen molar-refractivity contribution in [1.29, 1.82) is 0 Å². The molecule has 1 aromatic carbocycles. The zero-order chi connectivity index (χ0) is 12.5. The smallest absolute Gasteiger partial charge is 0.276 e. The van der Waals surface area contributed by atoms with E-state index in [-0.39, 0.29) is 11.4 Å². The molecule has 1 aromatic rings. The first-order valence-electron chi connectivity index (χ1n) is 4.82. The third-order valence-electron chi connectivity index (χ3n) is 2.26. The Kier molecular flexibility index (Phi) is 3.21. The Morgan fingerprint density at radius 2 is 1.76 bits per heavy atom. The van der Waals surface area contributed by atoms with Gasteiger partial charge < -0.3 is 0 Å². The summed E-state index contributed by atoms with van der Waals surface area (Å²) in [6, 6.07) is 7.61. The van der Waals surface area contributed by atoms with E-state index in [1.54, 1.807) is 18.2 Å². The first-order chi connectivity index (χ1) is 8.03. The third kappa shape index (κ3) is 2.20. The molecule has 7 heteroatoms. The van der Waals surface area contributed by atoms with Gasteiger partial charge in [0.05, 0.1) is 4.90 Å². The molecule has 90 valence electrons. The molecule has 0 unspecified atom stereocenters. The summed E-state index contributed by atoms with van der Waals surface area (Å²) in [6.45, 7) is 0.0342. The van der Waals surface area contributed by atoms with E-state index in [0.717, 1.165) is 11.8 Å². The van der Waals surface area contributed by atoms with Gasteiger partial charge in [-0.2, -0.15) is 0 Å². The molecule has 0 aliphatic carbocycles. The molecule has 2 rings (SSSR count). The molecule has 5 nitrogen and oxygen atoms in total. The highest BCUT2D eigenvalue weighted by atomic mass is 32.2. The van der Waals surface area contributed by atoms with Crippen LogP contribution in [0.15, 0.2) is 35.2 Å². The zero-order valence-electron chi connectivity index (χ0n) is 8.70. The van der Waals surface area contributed by atoms with E-state index in [4.69, 9.17) is 0 Å². The summed E-state index contributed by atoms with van der Waals surface area (Å²) in [5.74, 6) is -0.665. The summed E-state index contributed by atoms with van der Waals surface area (Å²) in [5, 5.41) is -0.726. The molecule has 0 N–H and O–H groups in total. The standard InChI is InChI=1S/C10H9NO4S2/c12-9-10(13)16-7-6-11(9)17(14,15)8-4-2-1-3-5-8/h1-5H,6-7H2. The fourth-order valence-corrected chi connectivity index (χ4v) is 3.69. The molecule has 0 aromatic heterocycles. The molecule has 0 radical (unpaired) electrons. The highest BCUT2D eigenvalue weighted by Crippen LogP contribution is 2.21. The van der Waals surface area contributed by atoms with Crippen LogP contribution in [0.1, 0.15) is 0 Å². The highest BCUT2D eigenvalue weighted by Gasteiger charge is 2.36. The number of sulfonamides is 1. The van der Waals surface area contributed by atoms with Crippen LogP contribution in [0.5, 0.6) is 0 Å². The second-order valence-corrected chi connectivity index (χ2v) is 6.26. The molecule has 17 heavy (non-hydrogen) atoms. The van der Waals surface area contributed by atoms with Crippen molar-refractivity contribution in [1.82, 2.24) is 4.31 Å². The van der Waals surface area contributed by atoms with Crippen LogP contribution in [0.3, 0.4) is 0 Å². The molecule has 1 amide bonds. The number of carbonyl (C=O) groups is 2. The van der Waals surface area contributed by atoms with E-state index in [9.17, 15) is 18.0 Å². The average molecular weight is 271 g/mol. The van der Waals surface area contributed by atoms with Crippen molar-refractivity contribution in [3.05, 3.63) is 30.3 Å². The number of nitrogens with zero attached hydrogens (tertiary/aromatic N) is 1. The predicted molar refractivity (Wildman–Crippen MR) is 62.8 cm³/mol. The minimum Gasteiger partial charge on any atom is -0.276 e. The third-order valence-corrected chi connectivity index (χ3v) is 4.88. The molecular weight excluding hydrogens is 262 g/mol. The molecule has 1 fully saturated rings. The first kappa shape index (κ1) is 12.1. The summed E-state index contributed by atoms with van der Waals surface area (Å²) < 4.78 is 24.8. The van der Waals surface area contributed by atoms with E-state index in [1.807, 2.05) is 0 Å². The Balaban J connectivity index is 2.40. The van der Waals surface area contributed by atoms with Crippen LogP contribution in [-0.4, -0.2) is 36.0 Å². The maximum Gasteiger partial charge on any atom is 0.314 e. The lowest BCUT2D eigenvalue weighted by Gasteiger charge is -2.24. The van der Waals surface area contributed by atoms with Gasteiger partial charge in [0.25, 0.3) is 15.1 Å². The maximum atomic E-state index is 12.1. The number of carbonyl (C=O) groups excluding carboxylic acids is 2. The van der Waals surface area contributed by atoms with E-state index in [2.05, 4.69) is 0 Å². The van der Waals surface area contributed by atoms with Gasteiger partial charge in [0, 0.05) is 12.3 Å². The highest BCUT2D eigenvalue weighted by molar-refractivity contribution is 8.15. The molecule has 0 saturated carbocycles. The van der Waals surface area contributed by atoms with Crippen molar-refractivity contribution < 1.29 is 18.0 Å². The van der Waals surface area contributed by atoms with Gasteiger partial charge in [-0.3, -0.25) is 9.59 Å². The van der Waals surface area contributed by atoms with Gasteiger partial charge >= 0.3 is 5.91 Å². The van der Waals surface area contributed by atoms with Crippen molar-refractivity contribution in [3.63, 3.8) is 0 Å². The number of hydrogen-bond donors (Lipinski definition) is 0. The summed E-state index contributed by atoms with van der Waals surface area (Å²) in [4.78, 5) is 22.7. The Bertz CT molecular complexity index is 553. The molecule has 1 heterocycles. The first-order valence-corrected chi connectivity index (χ1v) is 7.25. The van der Waals surface area contributed by atoms with E-state index in [0.29, 0.717) is 10.1 Å². The van der Waals surface area contributed by atoms with Gasteiger partial charge in [-0.1, -0.05) is 30.0 Å². The van der Waals surface area contributed by atoms with Gasteiger partial charge in [-0.25, -0.2) is 12.7 Å².